The number of aliphatic hydroxyl groups excluding tert-OH is 1. The van der Waals surface area contributed by atoms with Crippen LogP contribution in [0.4, 0.5) is 0 Å². The second kappa shape index (κ2) is 8.13. The van der Waals surface area contributed by atoms with E-state index in [1.54, 1.807) is 44.4 Å². The van der Waals surface area contributed by atoms with Crippen LogP contribution in [-0.2, 0) is 23.2 Å². The highest BCUT2D eigenvalue weighted by Gasteiger charge is 2.20. The van der Waals surface area contributed by atoms with Crippen molar-refractivity contribution in [1.29, 1.82) is 0 Å². The number of pyridine rings is 1. The lowest BCUT2D eigenvalue weighted by Crippen LogP contribution is -2.18. The topological polar surface area (TPSA) is 68.5 Å². The van der Waals surface area contributed by atoms with E-state index in [4.69, 9.17) is 16.3 Å². The van der Waals surface area contributed by atoms with Crippen LogP contribution in [-0.4, -0.2) is 22.2 Å². The van der Waals surface area contributed by atoms with Crippen LogP contribution in [0, 0.1) is 0 Å². The number of benzene rings is 1. The number of carbonyl (C=O) groups excluding carboxylic acids is 1. The van der Waals surface area contributed by atoms with Gasteiger partial charge in [-0.05, 0) is 35.7 Å². The van der Waals surface area contributed by atoms with Gasteiger partial charge < -0.3 is 14.4 Å². The number of halogens is 1. The van der Waals surface area contributed by atoms with Crippen molar-refractivity contribution in [2.75, 3.05) is 6.61 Å². The number of carbonyl (C=O) groups is 1. The van der Waals surface area contributed by atoms with Gasteiger partial charge >= 0.3 is 5.97 Å². The van der Waals surface area contributed by atoms with E-state index in [1.165, 1.54) is 10.6 Å². The maximum Gasteiger partial charge on any atom is 0.306 e. The molecule has 0 aliphatic carbocycles. The third-order valence-electron chi connectivity index (χ3n) is 3.85. The molecule has 2 aromatic rings. The van der Waals surface area contributed by atoms with Gasteiger partial charge in [0.2, 0.25) is 0 Å². The summed E-state index contributed by atoms with van der Waals surface area (Å²) in [6.07, 6.45) is 1.77. The van der Waals surface area contributed by atoms with E-state index in [2.05, 4.69) is 0 Å². The fourth-order valence-corrected chi connectivity index (χ4v) is 2.71. The van der Waals surface area contributed by atoms with Crippen LogP contribution in [0.2, 0.25) is 5.02 Å². The average Bonchev–Trinajstić information content (AvgIpc) is 2.56. The summed E-state index contributed by atoms with van der Waals surface area (Å²) in [5.74, 6) is -0.691. The van der Waals surface area contributed by atoms with Crippen molar-refractivity contribution in [3.63, 3.8) is 0 Å². The zero-order valence-electron chi connectivity index (χ0n) is 13.7. The summed E-state index contributed by atoms with van der Waals surface area (Å²) < 4.78 is 6.52. The van der Waals surface area contributed by atoms with Crippen LogP contribution < -0.4 is 5.56 Å². The predicted octanol–water partition coefficient (Wildman–Crippen LogP) is 2.62. The number of aryl methyl sites for hydroxylation is 1. The molecule has 0 radical (unpaired) electrons. The van der Waals surface area contributed by atoms with Crippen molar-refractivity contribution in [3.8, 4) is 0 Å². The molecule has 0 saturated heterocycles. The summed E-state index contributed by atoms with van der Waals surface area (Å²) in [5, 5.41) is 9.87. The van der Waals surface area contributed by atoms with Crippen molar-refractivity contribution in [2.24, 2.45) is 7.05 Å². The first-order valence-electron chi connectivity index (χ1n) is 7.67. The lowest BCUT2D eigenvalue weighted by atomic mass is 9.88. The Morgan fingerprint density at radius 3 is 2.62 bits per heavy atom. The second-order valence-corrected chi connectivity index (χ2v) is 5.89. The molecule has 0 aliphatic rings. The van der Waals surface area contributed by atoms with Gasteiger partial charge in [-0.1, -0.05) is 23.7 Å². The Hall–Kier alpha value is -2.11. The van der Waals surface area contributed by atoms with E-state index in [-0.39, 0.29) is 30.5 Å². The van der Waals surface area contributed by atoms with E-state index < -0.39 is 0 Å². The van der Waals surface area contributed by atoms with Crippen LogP contribution in [0.3, 0.4) is 0 Å². The Bertz CT molecular complexity index is 785. The minimum absolute atomic E-state index is 0.105. The first kappa shape index (κ1) is 18.2. The van der Waals surface area contributed by atoms with Gasteiger partial charge in [0.05, 0.1) is 19.6 Å². The smallest absolute Gasteiger partial charge is 0.306 e. The van der Waals surface area contributed by atoms with Crippen molar-refractivity contribution in [2.45, 2.75) is 25.9 Å². The number of rotatable bonds is 6. The predicted molar refractivity (Wildman–Crippen MR) is 92.2 cm³/mol. The largest absolute Gasteiger partial charge is 0.466 e. The molecule has 0 fully saturated rings. The quantitative estimate of drug-likeness (QED) is 0.814. The third-order valence-corrected chi connectivity index (χ3v) is 4.22. The number of aliphatic hydroxyl groups is 1. The molecule has 1 aromatic carbocycles. The van der Waals surface area contributed by atoms with Crippen molar-refractivity contribution >= 4 is 17.6 Å². The molecular weight excluding hydrogens is 330 g/mol. The molecule has 0 amide bonds. The summed E-state index contributed by atoms with van der Waals surface area (Å²) in [4.78, 5) is 23.9. The Morgan fingerprint density at radius 2 is 2.00 bits per heavy atom. The van der Waals surface area contributed by atoms with Crippen molar-refractivity contribution in [1.82, 2.24) is 4.57 Å². The zero-order chi connectivity index (χ0) is 17.7. The summed E-state index contributed by atoms with van der Waals surface area (Å²) in [5.41, 5.74) is 1.94. The Balaban J connectivity index is 2.47. The monoisotopic (exact) mass is 349 g/mol. The van der Waals surface area contributed by atoms with Crippen molar-refractivity contribution < 1.29 is 14.6 Å². The molecule has 6 heteroatoms. The van der Waals surface area contributed by atoms with Crippen molar-refractivity contribution in [3.05, 3.63) is 68.6 Å². The molecule has 0 spiro atoms. The first-order chi connectivity index (χ1) is 11.5. The van der Waals surface area contributed by atoms with Gasteiger partial charge in [0.25, 0.3) is 5.56 Å². The molecular formula is C18H20ClNO4. The molecule has 1 N–H and O–H groups in total. The van der Waals surface area contributed by atoms with Gasteiger partial charge in [-0.3, -0.25) is 9.59 Å². The van der Waals surface area contributed by atoms with Gasteiger partial charge in [-0.25, -0.2) is 0 Å². The van der Waals surface area contributed by atoms with Crippen LogP contribution in [0.1, 0.15) is 36.0 Å². The van der Waals surface area contributed by atoms with E-state index in [9.17, 15) is 14.7 Å². The Labute approximate surface area is 145 Å². The summed E-state index contributed by atoms with van der Waals surface area (Å²) in [6.45, 7) is 1.84. The van der Waals surface area contributed by atoms with Crippen LogP contribution in [0.15, 0.2) is 41.3 Å². The second-order valence-electron chi connectivity index (χ2n) is 5.48. The average molecular weight is 350 g/mol. The van der Waals surface area contributed by atoms with Gasteiger partial charge in [0.15, 0.2) is 0 Å². The van der Waals surface area contributed by atoms with Gasteiger partial charge in [0.1, 0.15) is 0 Å². The molecule has 2 rings (SSSR count). The lowest BCUT2D eigenvalue weighted by Gasteiger charge is -2.18. The molecule has 24 heavy (non-hydrogen) atoms. The maximum absolute atomic E-state index is 12.0. The first-order valence-corrected chi connectivity index (χ1v) is 8.05. The van der Waals surface area contributed by atoms with Gasteiger partial charge in [-0.15, -0.1) is 0 Å². The number of hydrogen-bond donors (Lipinski definition) is 1. The number of esters is 1. The Morgan fingerprint density at radius 1 is 1.29 bits per heavy atom. The minimum atomic E-state index is -0.347. The summed E-state index contributed by atoms with van der Waals surface area (Å²) in [6, 6.07) is 8.55. The van der Waals surface area contributed by atoms with E-state index in [0.29, 0.717) is 17.2 Å². The van der Waals surface area contributed by atoms with Crippen LogP contribution in [0.5, 0.6) is 0 Å². The zero-order valence-corrected chi connectivity index (χ0v) is 14.4. The van der Waals surface area contributed by atoms with Gasteiger partial charge in [0, 0.05) is 30.3 Å². The molecule has 5 nitrogen and oxygen atoms in total. The number of aromatic nitrogens is 1. The SMILES string of the molecule is CCOC(=O)CC(c1ccc(Cl)c(CO)c1)c1ccn(C)c(=O)c1. The fraction of sp³-hybridized carbons (Fsp3) is 0.333. The highest BCUT2D eigenvalue weighted by atomic mass is 35.5. The van der Waals surface area contributed by atoms with Crippen LogP contribution >= 0.6 is 11.6 Å². The number of ether oxygens (including phenoxy) is 1. The molecule has 128 valence electrons. The molecule has 0 bridgehead atoms. The third kappa shape index (κ3) is 4.24. The summed E-state index contributed by atoms with van der Waals surface area (Å²) in [7, 11) is 1.67. The summed E-state index contributed by atoms with van der Waals surface area (Å²) >= 11 is 6.04. The Kier molecular flexibility index (Phi) is 6.17. The lowest BCUT2D eigenvalue weighted by molar-refractivity contribution is -0.143. The molecule has 1 aromatic heterocycles. The number of nitrogens with zero attached hydrogens (tertiary/aromatic N) is 1. The molecule has 0 saturated carbocycles. The van der Waals surface area contributed by atoms with E-state index in [1.807, 2.05) is 0 Å². The highest BCUT2D eigenvalue weighted by molar-refractivity contribution is 6.31. The standard InChI is InChI=1S/C18H20ClNO4/c1-3-24-18(23)10-15(13-6-7-20(2)17(22)9-13)12-4-5-16(19)14(8-12)11-21/h4-9,15,21H,3,10-11H2,1-2H3. The van der Waals surface area contributed by atoms with Gasteiger partial charge in [-0.2, -0.15) is 0 Å². The minimum Gasteiger partial charge on any atom is -0.466 e. The van der Waals surface area contributed by atoms with E-state index >= 15 is 0 Å². The normalized spacial score (nSPS) is 12.0. The number of hydrogen-bond acceptors (Lipinski definition) is 4. The van der Waals surface area contributed by atoms with E-state index in [0.717, 1.165) is 11.1 Å². The molecule has 1 atom stereocenters. The molecule has 1 heterocycles. The van der Waals surface area contributed by atoms with Crippen LogP contribution in [0.25, 0.3) is 0 Å². The fourth-order valence-electron chi connectivity index (χ4n) is 2.53. The highest BCUT2D eigenvalue weighted by Crippen LogP contribution is 2.30. The molecule has 1 unspecified atom stereocenters. The molecule has 0 aliphatic heterocycles. The maximum atomic E-state index is 12.0.